The molecule has 0 radical (unpaired) electrons. The number of unbranched alkanes of at least 4 members (excludes halogenated alkanes) is 11. The molecule has 33 heavy (non-hydrogen) atoms. The molecule has 4 heteroatoms. The Hall–Kier alpha value is -1.16. The van der Waals surface area contributed by atoms with E-state index < -0.39 is 0 Å². The van der Waals surface area contributed by atoms with E-state index in [-0.39, 0.29) is 19.0 Å². The highest BCUT2D eigenvalue weighted by molar-refractivity contribution is 5.70. The van der Waals surface area contributed by atoms with Crippen molar-refractivity contribution in [2.24, 2.45) is 0 Å². The van der Waals surface area contributed by atoms with Crippen LogP contribution in [0.2, 0.25) is 0 Å². The molecule has 0 spiro atoms. The Balaban J connectivity index is 0.00000544. The summed E-state index contributed by atoms with van der Waals surface area (Å²) >= 11 is 0. The van der Waals surface area contributed by atoms with Crippen LogP contribution in [0, 0.1) is 0 Å². The summed E-state index contributed by atoms with van der Waals surface area (Å²) in [5, 5.41) is 9.73. The van der Waals surface area contributed by atoms with Gasteiger partial charge in [-0.3, -0.25) is 0 Å². The Morgan fingerprint density at radius 2 is 1.45 bits per heavy atom. The van der Waals surface area contributed by atoms with Crippen LogP contribution >= 0.6 is 0 Å². The molecule has 0 fully saturated rings. The van der Waals surface area contributed by atoms with Gasteiger partial charge in [-0.25, -0.2) is 4.48 Å². The Morgan fingerprint density at radius 3 is 2.09 bits per heavy atom. The third kappa shape index (κ3) is 12.2. The van der Waals surface area contributed by atoms with Crippen LogP contribution in [-0.4, -0.2) is 41.7 Å². The van der Waals surface area contributed by atoms with Gasteiger partial charge < -0.3 is 17.5 Å². The van der Waals surface area contributed by atoms with Crippen LogP contribution in [0.5, 0.6) is 0 Å². The molecule has 1 aromatic rings. The molecule has 1 aromatic carbocycles. The molecule has 2 N–H and O–H groups in total. The van der Waals surface area contributed by atoms with Gasteiger partial charge in [0.1, 0.15) is 19.6 Å². The van der Waals surface area contributed by atoms with Gasteiger partial charge in [-0.05, 0) is 32.1 Å². The molecule has 1 atom stereocenters. The van der Waals surface area contributed by atoms with Crippen molar-refractivity contribution in [3.63, 3.8) is 0 Å². The Bertz CT molecular complexity index is 646. The van der Waals surface area contributed by atoms with Crippen molar-refractivity contribution in [3.8, 4) is 0 Å². The number of halogens is 1. The fourth-order valence-corrected chi connectivity index (χ4v) is 5.03. The maximum atomic E-state index is 9.73. The molecule has 2 rings (SSSR count). The molecular weight excluding hydrogens is 428 g/mol. The number of rotatable bonds is 19. The predicted octanol–water partition coefficient (Wildman–Crippen LogP) is 2.53. The molecule has 0 aliphatic carbocycles. The average Bonchev–Trinajstić information content (AvgIpc) is 3.19. The Labute approximate surface area is 210 Å². The fourth-order valence-electron chi connectivity index (χ4n) is 5.03. The summed E-state index contributed by atoms with van der Waals surface area (Å²) in [5.41, 5.74) is 1.37. The Kier molecular flexibility index (Phi) is 17.4. The monoisotopic (exact) mass is 477 g/mol. The van der Waals surface area contributed by atoms with E-state index in [0.29, 0.717) is 0 Å². The van der Waals surface area contributed by atoms with Crippen LogP contribution in [0.4, 0.5) is 0 Å². The second kappa shape index (κ2) is 19.2. The van der Waals surface area contributed by atoms with Crippen LogP contribution in [0.3, 0.4) is 0 Å². The van der Waals surface area contributed by atoms with Gasteiger partial charge in [0.05, 0.1) is 13.0 Å². The molecule has 0 saturated carbocycles. The van der Waals surface area contributed by atoms with Crippen molar-refractivity contribution in [1.29, 1.82) is 0 Å². The second-order valence-electron chi connectivity index (χ2n) is 9.67. The van der Waals surface area contributed by atoms with Crippen molar-refractivity contribution in [2.45, 2.75) is 103 Å². The number of hydrogen-bond donors (Lipinski definition) is 2. The zero-order valence-corrected chi connectivity index (χ0v) is 22.0. The van der Waals surface area contributed by atoms with Gasteiger partial charge in [-0.15, -0.1) is 0 Å². The molecular formula is C29H50ClN2O+. The van der Waals surface area contributed by atoms with Gasteiger partial charge in [0.15, 0.2) is 6.54 Å². The summed E-state index contributed by atoms with van der Waals surface area (Å²) in [7, 11) is 0. The lowest BCUT2D eigenvalue weighted by atomic mass is 10.1. The van der Waals surface area contributed by atoms with E-state index in [0.717, 1.165) is 37.1 Å². The zero-order chi connectivity index (χ0) is 22.7. The molecule has 3 nitrogen and oxygen atoms in total. The first-order valence-corrected chi connectivity index (χ1v) is 13.6. The number of nitrogens with zero attached hydrogens (tertiary/aromatic N) is 1. The third-order valence-corrected chi connectivity index (χ3v) is 6.97. The summed E-state index contributed by atoms with van der Waals surface area (Å²) in [4.78, 5) is 3.67. The third-order valence-electron chi connectivity index (χ3n) is 6.97. The standard InChI is InChI=1S/C29H49N2O.ClH/c1-2-3-4-5-6-7-8-9-10-11-12-13-14-15-19-22-29-30-23-24-31(29,25-26-32)27-28-20-17-16-18-21-28;/h9-10,16-18,20-21,32H,2-8,11-15,19,22-27H2,1H3;1H/q+1;/b10-9-;. The van der Waals surface area contributed by atoms with Gasteiger partial charge in [-0.2, -0.15) is 4.99 Å². The summed E-state index contributed by atoms with van der Waals surface area (Å²) in [6.07, 6.45) is 23.5. The molecule has 0 aromatic heterocycles. The quantitative estimate of drug-likeness (QED) is 0.179. The van der Waals surface area contributed by atoms with E-state index in [4.69, 9.17) is 0 Å². The summed E-state index contributed by atoms with van der Waals surface area (Å²) in [6, 6.07) is 10.8. The summed E-state index contributed by atoms with van der Waals surface area (Å²) in [6.45, 7) is 6.48. The zero-order valence-electron chi connectivity index (χ0n) is 21.2. The number of aliphatic hydroxyl groups excluding tert-OH is 1. The molecule has 1 heterocycles. The molecule has 188 valence electrons. The number of hydrogen-bond acceptors (Lipinski definition) is 1. The number of amidine groups is 1. The smallest absolute Gasteiger partial charge is 0.337 e. The molecule has 1 aliphatic rings. The van der Waals surface area contributed by atoms with Gasteiger partial charge in [0.2, 0.25) is 0 Å². The van der Waals surface area contributed by atoms with Gasteiger partial charge in [0.25, 0.3) is 0 Å². The van der Waals surface area contributed by atoms with Gasteiger partial charge >= 0.3 is 5.84 Å². The molecule has 0 amide bonds. The van der Waals surface area contributed by atoms with Crippen molar-refractivity contribution in [2.75, 3.05) is 26.2 Å². The summed E-state index contributed by atoms with van der Waals surface area (Å²) in [5.74, 6) is 1.44. The normalized spacial score (nSPS) is 17.9. The fraction of sp³-hybridized carbons (Fsp3) is 0.690. The number of benzene rings is 1. The first kappa shape index (κ1) is 29.9. The minimum atomic E-state index is 0. The minimum absolute atomic E-state index is 0. The maximum Gasteiger partial charge on any atom is 0.337 e. The van der Waals surface area contributed by atoms with E-state index >= 15 is 0 Å². The Morgan fingerprint density at radius 1 is 0.848 bits per heavy atom. The van der Waals surface area contributed by atoms with Crippen LogP contribution in [-0.2, 0) is 6.54 Å². The van der Waals surface area contributed by atoms with Crippen LogP contribution in [0.1, 0.15) is 102 Å². The number of nitrogens with one attached hydrogen (secondary N) is 1. The maximum absolute atomic E-state index is 9.73. The van der Waals surface area contributed by atoms with Crippen LogP contribution in [0.25, 0.3) is 0 Å². The average molecular weight is 478 g/mol. The molecule has 0 bridgehead atoms. The van der Waals surface area contributed by atoms with Gasteiger partial charge in [0, 0.05) is 5.56 Å². The van der Waals surface area contributed by atoms with Crippen molar-refractivity contribution < 1.29 is 27.0 Å². The number of quaternary nitrogens is 1. The predicted molar refractivity (Wildman–Crippen MR) is 138 cm³/mol. The lowest BCUT2D eigenvalue weighted by Gasteiger charge is -2.30. The lowest BCUT2D eigenvalue weighted by Crippen LogP contribution is -3.00. The van der Waals surface area contributed by atoms with Crippen LogP contribution in [0.15, 0.2) is 42.5 Å². The number of allylic oxidation sites excluding steroid dienone is 2. The van der Waals surface area contributed by atoms with Crippen LogP contribution < -0.4 is 17.4 Å². The van der Waals surface area contributed by atoms with E-state index in [1.807, 2.05) is 0 Å². The summed E-state index contributed by atoms with van der Waals surface area (Å²) < 4.78 is 0.921. The van der Waals surface area contributed by atoms with Crippen molar-refractivity contribution in [1.82, 2.24) is 0 Å². The van der Waals surface area contributed by atoms with Crippen molar-refractivity contribution >= 4 is 5.84 Å². The highest BCUT2D eigenvalue weighted by Crippen LogP contribution is 2.19. The van der Waals surface area contributed by atoms with E-state index in [9.17, 15) is 5.11 Å². The second-order valence-corrected chi connectivity index (χ2v) is 9.67. The first-order chi connectivity index (χ1) is 15.8. The molecule has 0 saturated heterocycles. The van der Waals surface area contributed by atoms with E-state index in [1.54, 1.807) is 0 Å². The topological polar surface area (TPSA) is 34.2 Å². The van der Waals surface area contributed by atoms with Crippen molar-refractivity contribution in [3.05, 3.63) is 48.0 Å². The van der Waals surface area contributed by atoms with E-state index in [1.165, 1.54) is 94.9 Å². The highest BCUT2D eigenvalue weighted by atomic mass is 35.5. The minimum Gasteiger partial charge on any atom is -1.00 e. The SMILES string of the molecule is CCCCCCCC/C=C\CCCCCCCC1=[NH+]CC[N+]1(CCO)Cc1ccccc1.[Cl-]. The first-order valence-electron chi connectivity index (χ1n) is 13.6. The number of aliphatic hydroxyl groups is 1. The molecule has 1 unspecified atom stereocenters. The van der Waals surface area contributed by atoms with E-state index in [2.05, 4.69) is 54.4 Å². The molecule has 1 aliphatic heterocycles. The van der Waals surface area contributed by atoms with Gasteiger partial charge in [-0.1, -0.05) is 101 Å². The largest absolute Gasteiger partial charge is 1.00 e. The lowest BCUT2D eigenvalue weighted by molar-refractivity contribution is -0.853. The highest BCUT2D eigenvalue weighted by Gasteiger charge is 2.42.